The van der Waals surface area contributed by atoms with Crippen LogP contribution in [0.2, 0.25) is 0 Å². The molecule has 5 heteroatoms. The molecule has 1 saturated heterocycles. The van der Waals surface area contributed by atoms with E-state index in [1.165, 1.54) is 24.3 Å². The summed E-state index contributed by atoms with van der Waals surface area (Å²) in [7, 11) is 0. The van der Waals surface area contributed by atoms with Crippen molar-refractivity contribution in [3.05, 3.63) is 35.4 Å². The Hall–Kier alpha value is -0.680. The van der Waals surface area contributed by atoms with E-state index in [-0.39, 0.29) is 0 Å². The second-order valence-electron chi connectivity index (χ2n) is 4.88. The number of alkyl halides is 3. The summed E-state index contributed by atoms with van der Waals surface area (Å²) in [5, 5.41) is 3.34. The van der Waals surface area contributed by atoms with Gasteiger partial charge in [0.1, 0.15) is 0 Å². The van der Waals surface area contributed by atoms with Crippen LogP contribution in [0.25, 0.3) is 0 Å². The number of hydrogen-bond acceptors (Lipinski definition) is 2. The van der Waals surface area contributed by atoms with Crippen molar-refractivity contribution in [2.45, 2.75) is 25.6 Å². The number of benzene rings is 1. The Labute approximate surface area is 116 Å². The number of halogens is 3. The third-order valence-corrected chi connectivity index (χ3v) is 4.43. The largest absolute Gasteiger partial charge is 0.416 e. The fourth-order valence-electron chi connectivity index (χ4n) is 2.18. The molecule has 1 heterocycles. The minimum Gasteiger partial charge on any atom is -0.312 e. The van der Waals surface area contributed by atoms with Gasteiger partial charge in [0.25, 0.3) is 0 Å². The van der Waals surface area contributed by atoms with Crippen molar-refractivity contribution < 1.29 is 13.2 Å². The predicted octanol–water partition coefficient (Wildman–Crippen LogP) is 3.94. The minimum absolute atomic E-state index is 0.583. The number of thioether (sulfide) groups is 1. The maximum atomic E-state index is 12.4. The van der Waals surface area contributed by atoms with Crippen molar-refractivity contribution in [2.24, 2.45) is 5.92 Å². The van der Waals surface area contributed by atoms with E-state index in [1.807, 2.05) is 11.8 Å². The monoisotopic (exact) mass is 289 g/mol. The Bertz CT molecular complexity index is 383. The standard InChI is InChI=1S/C14H18F3NS/c15-14(16,17)13-3-1-11(2-4-13)9-18-10-12-5-7-19-8-6-12/h1-4,12,18H,5-10H2. The van der Waals surface area contributed by atoms with Gasteiger partial charge in [-0.2, -0.15) is 24.9 Å². The van der Waals surface area contributed by atoms with Crippen molar-refractivity contribution in [3.63, 3.8) is 0 Å². The molecular weight excluding hydrogens is 271 g/mol. The summed E-state index contributed by atoms with van der Waals surface area (Å²) in [6, 6.07) is 5.39. The number of nitrogens with one attached hydrogen (secondary N) is 1. The zero-order chi connectivity index (χ0) is 13.7. The molecule has 0 saturated carbocycles. The average Bonchev–Trinajstić information content (AvgIpc) is 2.39. The van der Waals surface area contributed by atoms with E-state index >= 15 is 0 Å². The molecule has 1 aromatic rings. The molecule has 1 aliphatic rings. The summed E-state index contributed by atoms with van der Waals surface area (Å²) in [5.41, 5.74) is 0.318. The quantitative estimate of drug-likeness (QED) is 0.901. The highest BCUT2D eigenvalue weighted by atomic mass is 32.2. The van der Waals surface area contributed by atoms with E-state index in [2.05, 4.69) is 5.32 Å². The number of hydrogen-bond donors (Lipinski definition) is 1. The van der Waals surface area contributed by atoms with Gasteiger partial charge in [-0.05, 0) is 54.5 Å². The molecular formula is C14H18F3NS. The van der Waals surface area contributed by atoms with Crippen molar-refractivity contribution in [2.75, 3.05) is 18.1 Å². The van der Waals surface area contributed by atoms with E-state index in [4.69, 9.17) is 0 Å². The summed E-state index contributed by atoms with van der Waals surface area (Å²) < 4.78 is 37.2. The maximum absolute atomic E-state index is 12.4. The van der Waals surface area contributed by atoms with Crippen LogP contribution in [0, 0.1) is 5.92 Å². The Balaban J connectivity index is 1.76. The lowest BCUT2D eigenvalue weighted by atomic mass is 10.0. The van der Waals surface area contributed by atoms with E-state index in [1.54, 1.807) is 12.1 Å². The van der Waals surface area contributed by atoms with Gasteiger partial charge in [0, 0.05) is 6.54 Å². The highest BCUT2D eigenvalue weighted by Crippen LogP contribution is 2.29. The first-order chi connectivity index (χ1) is 9.05. The highest BCUT2D eigenvalue weighted by molar-refractivity contribution is 7.99. The Morgan fingerprint density at radius 2 is 1.74 bits per heavy atom. The van der Waals surface area contributed by atoms with Crippen molar-refractivity contribution in [3.8, 4) is 0 Å². The smallest absolute Gasteiger partial charge is 0.312 e. The Morgan fingerprint density at radius 3 is 2.32 bits per heavy atom. The molecule has 0 aromatic heterocycles. The van der Waals surface area contributed by atoms with Crippen LogP contribution < -0.4 is 5.32 Å². The third-order valence-electron chi connectivity index (χ3n) is 3.38. The van der Waals surface area contributed by atoms with E-state index in [9.17, 15) is 13.2 Å². The van der Waals surface area contributed by atoms with Gasteiger partial charge in [-0.25, -0.2) is 0 Å². The van der Waals surface area contributed by atoms with Crippen molar-refractivity contribution in [1.29, 1.82) is 0 Å². The Kier molecular flexibility index (Phi) is 5.16. The first-order valence-electron chi connectivity index (χ1n) is 6.50. The summed E-state index contributed by atoms with van der Waals surface area (Å²) in [6.45, 7) is 1.60. The summed E-state index contributed by atoms with van der Waals surface area (Å²) in [6.07, 6.45) is -1.76. The third kappa shape index (κ3) is 4.73. The Morgan fingerprint density at radius 1 is 1.11 bits per heavy atom. The van der Waals surface area contributed by atoms with E-state index in [0.717, 1.165) is 30.2 Å². The van der Waals surface area contributed by atoms with Crippen molar-refractivity contribution >= 4 is 11.8 Å². The maximum Gasteiger partial charge on any atom is 0.416 e. The molecule has 0 atom stereocenters. The van der Waals surface area contributed by atoms with Gasteiger partial charge in [0.15, 0.2) is 0 Å². The zero-order valence-corrected chi connectivity index (χ0v) is 11.5. The first kappa shape index (κ1) is 14.7. The van der Waals surface area contributed by atoms with E-state index < -0.39 is 11.7 Å². The lowest BCUT2D eigenvalue weighted by Gasteiger charge is -2.21. The van der Waals surface area contributed by atoms with Crippen LogP contribution in [0.3, 0.4) is 0 Å². The van der Waals surface area contributed by atoms with Gasteiger partial charge in [-0.3, -0.25) is 0 Å². The summed E-state index contributed by atoms with van der Waals surface area (Å²) in [4.78, 5) is 0. The van der Waals surface area contributed by atoms with Gasteiger partial charge in [0.05, 0.1) is 5.56 Å². The fraction of sp³-hybridized carbons (Fsp3) is 0.571. The molecule has 0 spiro atoms. The normalized spacial score (nSPS) is 17.6. The second kappa shape index (κ2) is 6.66. The number of rotatable bonds is 4. The zero-order valence-electron chi connectivity index (χ0n) is 10.7. The van der Waals surface area contributed by atoms with Crippen LogP contribution in [0.4, 0.5) is 13.2 Å². The molecule has 1 fully saturated rings. The molecule has 1 aliphatic heterocycles. The summed E-state index contributed by atoms with van der Waals surface area (Å²) in [5.74, 6) is 3.18. The van der Waals surface area contributed by atoms with Crippen LogP contribution in [0.5, 0.6) is 0 Å². The van der Waals surface area contributed by atoms with Gasteiger partial charge in [-0.1, -0.05) is 12.1 Å². The van der Waals surface area contributed by atoms with Crippen LogP contribution in [0.15, 0.2) is 24.3 Å². The molecule has 0 unspecified atom stereocenters. The van der Waals surface area contributed by atoms with Gasteiger partial charge in [0.2, 0.25) is 0 Å². The molecule has 106 valence electrons. The van der Waals surface area contributed by atoms with Gasteiger partial charge in [-0.15, -0.1) is 0 Å². The highest BCUT2D eigenvalue weighted by Gasteiger charge is 2.29. The molecule has 0 amide bonds. The van der Waals surface area contributed by atoms with Crippen molar-refractivity contribution in [1.82, 2.24) is 5.32 Å². The molecule has 2 rings (SSSR count). The molecule has 1 nitrogen and oxygen atoms in total. The molecule has 1 N–H and O–H groups in total. The lowest BCUT2D eigenvalue weighted by molar-refractivity contribution is -0.137. The van der Waals surface area contributed by atoms with Crippen LogP contribution in [-0.2, 0) is 12.7 Å². The molecule has 0 radical (unpaired) electrons. The predicted molar refractivity (Wildman–Crippen MR) is 73.2 cm³/mol. The SMILES string of the molecule is FC(F)(F)c1ccc(CNCC2CCSCC2)cc1. The average molecular weight is 289 g/mol. The second-order valence-corrected chi connectivity index (χ2v) is 6.11. The first-order valence-corrected chi connectivity index (χ1v) is 7.66. The minimum atomic E-state index is -4.24. The topological polar surface area (TPSA) is 12.0 Å². The van der Waals surface area contributed by atoms with Crippen LogP contribution in [0.1, 0.15) is 24.0 Å². The lowest BCUT2D eigenvalue weighted by Crippen LogP contribution is -2.25. The van der Waals surface area contributed by atoms with Gasteiger partial charge < -0.3 is 5.32 Å². The van der Waals surface area contributed by atoms with Crippen LogP contribution in [-0.4, -0.2) is 18.1 Å². The molecule has 0 bridgehead atoms. The molecule has 0 aliphatic carbocycles. The van der Waals surface area contributed by atoms with E-state index in [0.29, 0.717) is 6.54 Å². The van der Waals surface area contributed by atoms with Crippen LogP contribution >= 0.6 is 11.8 Å². The molecule has 1 aromatic carbocycles. The van der Waals surface area contributed by atoms with Gasteiger partial charge >= 0.3 is 6.18 Å². The summed E-state index contributed by atoms with van der Waals surface area (Å²) >= 11 is 2.00. The molecule has 19 heavy (non-hydrogen) atoms. The fourth-order valence-corrected chi connectivity index (χ4v) is 3.39.